The van der Waals surface area contributed by atoms with Gasteiger partial charge in [-0.15, -0.1) is 11.8 Å². The fraction of sp³-hybridized carbons (Fsp3) is 0.185. The number of halogens is 1. The third kappa shape index (κ3) is 5.17. The van der Waals surface area contributed by atoms with Crippen LogP contribution in [0.3, 0.4) is 0 Å². The van der Waals surface area contributed by atoms with Gasteiger partial charge in [0.25, 0.3) is 0 Å². The van der Waals surface area contributed by atoms with E-state index in [0.29, 0.717) is 33.0 Å². The lowest BCUT2D eigenvalue weighted by Gasteiger charge is -2.17. The first kappa shape index (κ1) is 22.8. The number of ether oxygens (including phenoxy) is 2. The van der Waals surface area contributed by atoms with Gasteiger partial charge in [0.15, 0.2) is 0 Å². The molecular formula is C27H24FNO3S. The number of esters is 1. The maximum absolute atomic E-state index is 13.7. The van der Waals surface area contributed by atoms with Crippen LogP contribution in [-0.4, -0.2) is 18.1 Å². The quantitative estimate of drug-likeness (QED) is 0.228. The Labute approximate surface area is 196 Å². The van der Waals surface area contributed by atoms with E-state index in [1.54, 1.807) is 12.1 Å². The Morgan fingerprint density at radius 1 is 1.03 bits per heavy atom. The summed E-state index contributed by atoms with van der Waals surface area (Å²) in [5.41, 5.74) is 5.18. The van der Waals surface area contributed by atoms with Crippen LogP contribution in [-0.2, 0) is 17.1 Å². The molecule has 0 bridgehead atoms. The summed E-state index contributed by atoms with van der Waals surface area (Å²) in [5, 5.41) is 1.24. The number of pyridine rings is 1. The second-order valence-corrected chi connectivity index (χ2v) is 8.73. The van der Waals surface area contributed by atoms with Crippen molar-refractivity contribution in [2.75, 3.05) is 7.11 Å². The van der Waals surface area contributed by atoms with Crippen molar-refractivity contribution in [1.29, 1.82) is 0 Å². The Kier molecular flexibility index (Phi) is 6.94. The van der Waals surface area contributed by atoms with Crippen LogP contribution in [0.15, 0.2) is 71.8 Å². The zero-order valence-electron chi connectivity index (χ0n) is 18.7. The van der Waals surface area contributed by atoms with E-state index >= 15 is 0 Å². The summed E-state index contributed by atoms with van der Waals surface area (Å²) in [6.45, 7) is 4.23. The maximum atomic E-state index is 13.7. The number of fused-ring (bicyclic) bond motifs is 1. The molecule has 0 saturated heterocycles. The van der Waals surface area contributed by atoms with Crippen LogP contribution < -0.4 is 4.74 Å². The third-order valence-electron chi connectivity index (χ3n) is 5.34. The van der Waals surface area contributed by atoms with Crippen molar-refractivity contribution < 1.29 is 18.7 Å². The highest BCUT2D eigenvalue weighted by molar-refractivity contribution is 7.98. The minimum absolute atomic E-state index is 0.108. The standard InChI is InChI=1S/C27H24FNO3S/c1-17-11-12-18(2)20(13-17)16-33-26-24(27(30)31-3)25(22-9-4-5-10-23(22)29-26)32-15-19-7-6-8-21(28)14-19/h4-14H,15-16H2,1-3H3. The van der Waals surface area contributed by atoms with E-state index in [1.807, 2.05) is 24.3 Å². The number of thioether (sulfide) groups is 1. The monoisotopic (exact) mass is 461 g/mol. The minimum Gasteiger partial charge on any atom is -0.487 e. The van der Waals surface area contributed by atoms with E-state index in [-0.39, 0.29) is 18.0 Å². The Morgan fingerprint density at radius 2 is 1.85 bits per heavy atom. The normalized spacial score (nSPS) is 10.9. The fourth-order valence-electron chi connectivity index (χ4n) is 3.58. The molecule has 0 aliphatic carbocycles. The largest absolute Gasteiger partial charge is 0.487 e. The average Bonchev–Trinajstić information content (AvgIpc) is 2.82. The number of hydrogen-bond acceptors (Lipinski definition) is 5. The molecule has 0 radical (unpaired) electrons. The van der Waals surface area contributed by atoms with E-state index in [2.05, 4.69) is 32.0 Å². The molecule has 0 saturated carbocycles. The molecule has 0 fully saturated rings. The fourth-order valence-corrected chi connectivity index (χ4v) is 4.67. The predicted molar refractivity (Wildman–Crippen MR) is 129 cm³/mol. The van der Waals surface area contributed by atoms with Gasteiger partial charge in [-0.05, 0) is 54.8 Å². The summed E-state index contributed by atoms with van der Waals surface area (Å²) >= 11 is 1.47. The van der Waals surface area contributed by atoms with Crippen LogP contribution in [0.2, 0.25) is 0 Å². The number of nitrogens with zero attached hydrogens (tertiary/aromatic N) is 1. The summed E-state index contributed by atoms with van der Waals surface area (Å²) in [6.07, 6.45) is 0. The first-order valence-electron chi connectivity index (χ1n) is 10.5. The van der Waals surface area contributed by atoms with Crippen LogP contribution in [0.4, 0.5) is 4.39 Å². The first-order valence-corrected chi connectivity index (χ1v) is 11.5. The molecule has 1 aromatic heterocycles. The number of rotatable bonds is 7. The molecule has 0 aliphatic heterocycles. The number of hydrogen-bond donors (Lipinski definition) is 0. The number of para-hydroxylation sites is 1. The smallest absolute Gasteiger partial charge is 0.344 e. The minimum atomic E-state index is -0.522. The van der Waals surface area contributed by atoms with Crippen LogP contribution in [0.25, 0.3) is 10.9 Å². The summed E-state index contributed by atoms with van der Waals surface area (Å²) in [7, 11) is 1.34. The van der Waals surface area contributed by atoms with Gasteiger partial charge in [0, 0.05) is 11.1 Å². The number of aromatic nitrogens is 1. The van der Waals surface area contributed by atoms with Gasteiger partial charge in [0.2, 0.25) is 0 Å². The molecular weight excluding hydrogens is 437 g/mol. The number of benzene rings is 3. The van der Waals surface area contributed by atoms with E-state index in [0.717, 1.165) is 0 Å². The Bertz CT molecular complexity index is 1320. The topological polar surface area (TPSA) is 48.4 Å². The highest BCUT2D eigenvalue weighted by atomic mass is 32.2. The Hall–Kier alpha value is -3.38. The van der Waals surface area contributed by atoms with E-state index in [1.165, 1.54) is 47.7 Å². The molecule has 4 nitrogen and oxygen atoms in total. The molecule has 0 atom stereocenters. The molecule has 6 heteroatoms. The van der Waals surface area contributed by atoms with Gasteiger partial charge in [-0.2, -0.15) is 0 Å². The Morgan fingerprint density at radius 3 is 2.64 bits per heavy atom. The second kappa shape index (κ2) is 10.0. The third-order valence-corrected chi connectivity index (χ3v) is 6.37. The van der Waals surface area contributed by atoms with E-state index in [9.17, 15) is 9.18 Å². The van der Waals surface area contributed by atoms with Gasteiger partial charge in [-0.25, -0.2) is 14.2 Å². The van der Waals surface area contributed by atoms with Crippen molar-refractivity contribution in [3.8, 4) is 5.75 Å². The predicted octanol–water partition coefficient (Wildman–Crippen LogP) is 6.65. The van der Waals surface area contributed by atoms with Gasteiger partial charge in [0.1, 0.15) is 28.8 Å². The maximum Gasteiger partial charge on any atom is 0.344 e. The first-order chi connectivity index (χ1) is 16.0. The van der Waals surface area contributed by atoms with Crippen LogP contribution >= 0.6 is 11.8 Å². The zero-order chi connectivity index (χ0) is 23.4. The summed E-state index contributed by atoms with van der Waals surface area (Å²) in [6, 6.07) is 20.0. The number of carbonyl (C=O) groups excluding carboxylic acids is 1. The lowest BCUT2D eigenvalue weighted by Crippen LogP contribution is -2.10. The number of carbonyl (C=O) groups is 1. The highest BCUT2D eigenvalue weighted by Crippen LogP contribution is 2.37. The van der Waals surface area contributed by atoms with Gasteiger partial charge in [0.05, 0.1) is 12.6 Å². The van der Waals surface area contributed by atoms with Crippen molar-refractivity contribution in [1.82, 2.24) is 4.98 Å². The molecule has 0 aliphatic rings. The molecule has 0 amide bonds. The molecule has 0 unspecified atom stereocenters. The lowest BCUT2D eigenvalue weighted by molar-refractivity contribution is 0.0590. The van der Waals surface area contributed by atoms with Crippen LogP contribution in [0.5, 0.6) is 5.75 Å². The highest BCUT2D eigenvalue weighted by Gasteiger charge is 2.24. The average molecular weight is 462 g/mol. The van der Waals surface area contributed by atoms with Gasteiger partial charge in [-0.1, -0.05) is 48.0 Å². The molecule has 4 rings (SSSR count). The lowest BCUT2D eigenvalue weighted by atomic mass is 10.1. The number of aryl methyl sites for hydroxylation is 2. The molecule has 33 heavy (non-hydrogen) atoms. The summed E-state index contributed by atoms with van der Waals surface area (Å²) in [4.78, 5) is 17.6. The van der Waals surface area contributed by atoms with Crippen LogP contribution in [0, 0.1) is 19.7 Å². The molecule has 3 aromatic carbocycles. The molecule has 168 valence electrons. The van der Waals surface area contributed by atoms with E-state index in [4.69, 9.17) is 14.5 Å². The molecule has 0 spiro atoms. The van der Waals surface area contributed by atoms with Gasteiger partial charge >= 0.3 is 5.97 Å². The van der Waals surface area contributed by atoms with Crippen molar-refractivity contribution in [3.05, 3.63) is 100 Å². The summed E-state index contributed by atoms with van der Waals surface area (Å²) in [5.74, 6) is 0.173. The summed E-state index contributed by atoms with van der Waals surface area (Å²) < 4.78 is 24.9. The number of methoxy groups -OCH3 is 1. The SMILES string of the molecule is COC(=O)c1c(SCc2cc(C)ccc2C)nc2ccccc2c1OCc1cccc(F)c1. The van der Waals surface area contributed by atoms with E-state index < -0.39 is 5.97 Å². The zero-order valence-corrected chi connectivity index (χ0v) is 19.5. The molecule has 4 aromatic rings. The van der Waals surface area contributed by atoms with Crippen molar-refractivity contribution >= 4 is 28.6 Å². The second-order valence-electron chi connectivity index (χ2n) is 7.77. The van der Waals surface area contributed by atoms with Gasteiger partial charge in [-0.3, -0.25) is 0 Å². The van der Waals surface area contributed by atoms with Gasteiger partial charge < -0.3 is 9.47 Å². The van der Waals surface area contributed by atoms with Crippen molar-refractivity contribution in [3.63, 3.8) is 0 Å². The molecule has 1 heterocycles. The van der Waals surface area contributed by atoms with Crippen molar-refractivity contribution in [2.24, 2.45) is 0 Å². The molecule has 0 N–H and O–H groups in total. The van der Waals surface area contributed by atoms with Crippen LogP contribution in [0.1, 0.15) is 32.6 Å². The Balaban J connectivity index is 1.77. The van der Waals surface area contributed by atoms with Crippen molar-refractivity contribution in [2.45, 2.75) is 31.2 Å².